The highest BCUT2D eigenvalue weighted by Crippen LogP contribution is 2.22. The van der Waals surface area contributed by atoms with Crippen LogP contribution in [0.4, 0.5) is 0 Å². The molecule has 132 valence electrons. The molecule has 0 bridgehead atoms. The van der Waals surface area contributed by atoms with Gasteiger partial charge in [0.15, 0.2) is 5.16 Å². The first-order valence-electron chi connectivity index (χ1n) is 8.26. The number of carbonyl (C=O) groups is 2. The Kier molecular flexibility index (Phi) is 5.72. The summed E-state index contributed by atoms with van der Waals surface area (Å²) in [6.07, 6.45) is 3.11. The number of carbonyl (C=O) groups excluding carboxylic acids is 2. The van der Waals surface area contributed by atoms with Crippen LogP contribution in [0.3, 0.4) is 0 Å². The van der Waals surface area contributed by atoms with E-state index in [0.29, 0.717) is 45.1 Å². The summed E-state index contributed by atoms with van der Waals surface area (Å²) in [5, 5.41) is 8.50. The van der Waals surface area contributed by atoms with Gasteiger partial charge < -0.3 is 19.1 Å². The molecule has 0 aromatic carbocycles. The minimum absolute atomic E-state index is 0.0403. The van der Waals surface area contributed by atoms with Crippen molar-refractivity contribution >= 4 is 23.6 Å². The summed E-state index contributed by atoms with van der Waals surface area (Å²) >= 11 is 1.39. The van der Waals surface area contributed by atoms with E-state index in [4.69, 9.17) is 4.74 Å². The Morgan fingerprint density at radius 1 is 1.21 bits per heavy atom. The molecule has 0 radical (unpaired) electrons. The van der Waals surface area contributed by atoms with Gasteiger partial charge in [-0.25, -0.2) is 0 Å². The lowest BCUT2D eigenvalue weighted by molar-refractivity contribution is -0.143. The molecule has 24 heavy (non-hydrogen) atoms. The molecule has 9 heteroatoms. The molecule has 1 aromatic heterocycles. The minimum Gasteiger partial charge on any atom is -0.378 e. The van der Waals surface area contributed by atoms with Crippen LogP contribution in [0.1, 0.15) is 12.8 Å². The highest BCUT2D eigenvalue weighted by atomic mass is 32.2. The third-order valence-electron chi connectivity index (χ3n) is 4.51. The van der Waals surface area contributed by atoms with E-state index in [1.807, 2.05) is 16.8 Å². The topological polar surface area (TPSA) is 80.6 Å². The Balaban J connectivity index is 1.43. The standard InChI is InChI=1S/C15H23N5O3S/c1-18-11-16-17-15(18)24-10-13(21)19-4-2-12(3-5-19)14(22)20-6-8-23-9-7-20/h11-12H,2-10H2,1H3. The number of likely N-dealkylation sites (tertiary alicyclic amines) is 1. The number of piperidine rings is 1. The molecule has 2 aliphatic heterocycles. The van der Waals surface area contributed by atoms with Gasteiger partial charge in [-0.2, -0.15) is 0 Å². The summed E-state index contributed by atoms with van der Waals surface area (Å²) in [6.45, 7) is 3.93. The molecule has 0 saturated carbocycles. The molecule has 0 spiro atoms. The summed E-state index contributed by atoms with van der Waals surface area (Å²) in [4.78, 5) is 28.6. The van der Waals surface area contributed by atoms with Crippen LogP contribution in [0.2, 0.25) is 0 Å². The Bertz CT molecular complexity index is 579. The van der Waals surface area contributed by atoms with Crippen LogP contribution in [0, 0.1) is 5.92 Å². The van der Waals surface area contributed by atoms with E-state index < -0.39 is 0 Å². The lowest BCUT2D eigenvalue weighted by Gasteiger charge is -2.35. The zero-order valence-electron chi connectivity index (χ0n) is 13.9. The molecule has 2 aliphatic rings. The summed E-state index contributed by atoms with van der Waals surface area (Å²) in [5.41, 5.74) is 0. The smallest absolute Gasteiger partial charge is 0.233 e. The summed E-state index contributed by atoms with van der Waals surface area (Å²) < 4.78 is 7.09. The first-order valence-corrected chi connectivity index (χ1v) is 9.25. The number of ether oxygens (including phenoxy) is 1. The van der Waals surface area contributed by atoms with E-state index in [9.17, 15) is 9.59 Å². The molecule has 8 nitrogen and oxygen atoms in total. The third kappa shape index (κ3) is 4.07. The van der Waals surface area contributed by atoms with Crippen LogP contribution in [-0.2, 0) is 21.4 Å². The van der Waals surface area contributed by atoms with Gasteiger partial charge >= 0.3 is 0 Å². The Labute approximate surface area is 145 Å². The molecule has 0 unspecified atom stereocenters. The van der Waals surface area contributed by atoms with Crippen molar-refractivity contribution in [3.8, 4) is 0 Å². The Morgan fingerprint density at radius 2 is 1.92 bits per heavy atom. The molecule has 0 N–H and O–H groups in total. The van der Waals surface area contributed by atoms with Gasteiger partial charge in [0.1, 0.15) is 6.33 Å². The van der Waals surface area contributed by atoms with Crippen molar-refractivity contribution in [2.24, 2.45) is 13.0 Å². The number of aryl methyl sites for hydroxylation is 1. The monoisotopic (exact) mass is 353 g/mol. The number of hydrogen-bond acceptors (Lipinski definition) is 6. The van der Waals surface area contributed by atoms with Crippen molar-refractivity contribution in [2.75, 3.05) is 45.1 Å². The maximum atomic E-state index is 12.5. The third-order valence-corrected chi connectivity index (χ3v) is 5.53. The second-order valence-electron chi connectivity index (χ2n) is 6.11. The predicted octanol–water partition coefficient (Wildman–Crippen LogP) is 0.00460. The lowest BCUT2D eigenvalue weighted by Crippen LogP contribution is -2.47. The largest absolute Gasteiger partial charge is 0.378 e. The second-order valence-corrected chi connectivity index (χ2v) is 7.05. The van der Waals surface area contributed by atoms with Gasteiger partial charge in [-0.15, -0.1) is 10.2 Å². The number of hydrogen-bond donors (Lipinski definition) is 0. The fraction of sp³-hybridized carbons (Fsp3) is 0.733. The SMILES string of the molecule is Cn1cnnc1SCC(=O)N1CCC(C(=O)N2CCOCC2)CC1. The highest BCUT2D eigenvalue weighted by Gasteiger charge is 2.30. The van der Waals surface area contributed by atoms with Gasteiger partial charge in [-0.3, -0.25) is 9.59 Å². The van der Waals surface area contributed by atoms with Crippen LogP contribution in [0.25, 0.3) is 0 Å². The highest BCUT2D eigenvalue weighted by molar-refractivity contribution is 7.99. The van der Waals surface area contributed by atoms with E-state index in [1.54, 1.807) is 10.9 Å². The molecule has 2 amide bonds. The predicted molar refractivity (Wildman–Crippen MR) is 88.4 cm³/mol. The van der Waals surface area contributed by atoms with E-state index in [1.165, 1.54) is 11.8 Å². The van der Waals surface area contributed by atoms with Crippen LogP contribution >= 0.6 is 11.8 Å². The first kappa shape index (κ1) is 17.2. The molecule has 3 rings (SSSR count). The van der Waals surface area contributed by atoms with Crippen molar-refractivity contribution in [3.63, 3.8) is 0 Å². The van der Waals surface area contributed by atoms with Gasteiger partial charge in [0, 0.05) is 39.1 Å². The quantitative estimate of drug-likeness (QED) is 0.709. The second kappa shape index (κ2) is 7.98. The maximum absolute atomic E-state index is 12.5. The van der Waals surface area contributed by atoms with Crippen molar-refractivity contribution in [1.82, 2.24) is 24.6 Å². The fourth-order valence-corrected chi connectivity index (χ4v) is 3.83. The molecule has 0 atom stereocenters. The molecule has 0 aliphatic carbocycles. The van der Waals surface area contributed by atoms with Crippen LogP contribution in [-0.4, -0.2) is 81.5 Å². The zero-order chi connectivity index (χ0) is 16.9. The normalized spacial score (nSPS) is 19.5. The van der Waals surface area contributed by atoms with Crippen LogP contribution in [0.15, 0.2) is 11.5 Å². The summed E-state index contributed by atoms with van der Waals surface area (Å²) in [7, 11) is 1.86. The lowest BCUT2D eigenvalue weighted by atomic mass is 9.95. The molecule has 2 fully saturated rings. The van der Waals surface area contributed by atoms with E-state index in [0.717, 1.165) is 18.0 Å². The molecule has 3 heterocycles. The van der Waals surface area contributed by atoms with Crippen molar-refractivity contribution in [2.45, 2.75) is 18.0 Å². The number of morpholine rings is 1. The average Bonchev–Trinajstić information content (AvgIpc) is 3.05. The summed E-state index contributed by atoms with van der Waals surface area (Å²) in [5.74, 6) is 0.715. The number of nitrogens with zero attached hydrogens (tertiary/aromatic N) is 5. The van der Waals surface area contributed by atoms with E-state index in [-0.39, 0.29) is 17.7 Å². The minimum atomic E-state index is 0.0403. The number of thioether (sulfide) groups is 1. The van der Waals surface area contributed by atoms with Crippen molar-refractivity contribution < 1.29 is 14.3 Å². The van der Waals surface area contributed by atoms with Gasteiger partial charge in [0.05, 0.1) is 19.0 Å². The van der Waals surface area contributed by atoms with Gasteiger partial charge in [-0.05, 0) is 12.8 Å². The Hall–Kier alpha value is -1.61. The average molecular weight is 353 g/mol. The fourth-order valence-electron chi connectivity index (χ4n) is 3.04. The van der Waals surface area contributed by atoms with Crippen LogP contribution in [0.5, 0.6) is 0 Å². The van der Waals surface area contributed by atoms with Gasteiger partial charge in [0.25, 0.3) is 0 Å². The van der Waals surface area contributed by atoms with Gasteiger partial charge in [-0.1, -0.05) is 11.8 Å². The molecular weight excluding hydrogens is 330 g/mol. The molecule has 2 saturated heterocycles. The van der Waals surface area contributed by atoms with E-state index in [2.05, 4.69) is 10.2 Å². The van der Waals surface area contributed by atoms with Crippen LogP contribution < -0.4 is 0 Å². The maximum Gasteiger partial charge on any atom is 0.233 e. The Morgan fingerprint density at radius 3 is 2.54 bits per heavy atom. The number of rotatable bonds is 4. The van der Waals surface area contributed by atoms with Gasteiger partial charge in [0.2, 0.25) is 11.8 Å². The zero-order valence-corrected chi connectivity index (χ0v) is 14.7. The molecule has 1 aromatic rings. The first-order chi connectivity index (χ1) is 11.6. The summed E-state index contributed by atoms with van der Waals surface area (Å²) in [6, 6.07) is 0. The van der Waals surface area contributed by atoms with Crippen molar-refractivity contribution in [3.05, 3.63) is 6.33 Å². The number of aromatic nitrogens is 3. The molecular formula is C15H23N5O3S. The van der Waals surface area contributed by atoms with E-state index >= 15 is 0 Å². The number of amides is 2. The van der Waals surface area contributed by atoms with Crippen molar-refractivity contribution in [1.29, 1.82) is 0 Å².